The van der Waals surface area contributed by atoms with Crippen LogP contribution < -0.4 is 10.2 Å². The van der Waals surface area contributed by atoms with Crippen LogP contribution in [-0.2, 0) is 6.54 Å². The second-order valence-electron chi connectivity index (χ2n) is 5.45. The number of nitrogens with one attached hydrogen (secondary N) is 1. The maximum absolute atomic E-state index is 6.22. The number of nitrogens with zero attached hydrogens (tertiary/aromatic N) is 3. The summed E-state index contributed by atoms with van der Waals surface area (Å²) < 4.78 is 0. The van der Waals surface area contributed by atoms with Crippen molar-refractivity contribution in [3.8, 4) is 0 Å². The summed E-state index contributed by atoms with van der Waals surface area (Å²) in [6.45, 7) is 2.61. The topological polar surface area (TPSA) is 41.0 Å². The van der Waals surface area contributed by atoms with Gasteiger partial charge >= 0.3 is 0 Å². The van der Waals surface area contributed by atoms with Crippen LogP contribution in [0.25, 0.3) is 0 Å². The highest BCUT2D eigenvalue weighted by molar-refractivity contribution is 6.35. The molecule has 0 aliphatic carbocycles. The summed E-state index contributed by atoms with van der Waals surface area (Å²) in [5.41, 5.74) is 0.961. The van der Waals surface area contributed by atoms with Crippen molar-refractivity contribution in [3.05, 3.63) is 52.1 Å². The number of hydrogen-bond acceptors (Lipinski definition) is 4. The molecule has 1 saturated heterocycles. The van der Waals surface area contributed by atoms with E-state index in [2.05, 4.69) is 20.4 Å². The van der Waals surface area contributed by atoms with E-state index in [0.717, 1.165) is 37.3 Å². The Kier molecular flexibility index (Phi) is 5.13. The summed E-state index contributed by atoms with van der Waals surface area (Å²) in [5.74, 6) is 0.935. The van der Waals surface area contributed by atoms with Crippen LogP contribution in [0.3, 0.4) is 0 Å². The van der Waals surface area contributed by atoms with Gasteiger partial charge in [-0.25, -0.2) is 0 Å². The predicted octanol–water partition coefficient (Wildman–Crippen LogP) is 3.54. The lowest BCUT2D eigenvalue weighted by atomic mass is 10.1. The number of anilines is 1. The van der Waals surface area contributed by atoms with E-state index in [0.29, 0.717) is 22.6 Å². The molecular formula is C16H18Cl2N4. The number of hydrogen-bond donors (Lipinski definition) is 1. The molecule has 3 rings (SSSR count). The van der Waals surface area contributed by atoms with Crippen molar-refractivity contribution in [2.75, 3.05) is 18.0 Å². The Bertz CT molecular complexity index is 601. The Balaban J connectivity index is 1.61. The zero-order valence-electron chi connectivity index (χ0n) is 12.2. The molecule has 1 aromatic carbocycles. The van der Waals surface area contributed by atoms with Crippen molar-refractivity contribution in [2.45, 2.75) is 25.4 Å². The molecular weight excluding hydrogens is 319 g/mol. The Morgan fingerprint density at radius 1 is 1.18 bits per heavy atom. The first-order valence-corrected chi connectivity index (χ1v) is 8.18. The second-order valence-corrected chi connectivity index (χ2v) is 6.26. The van der Waals surface area contributed by atoms with Gasteiger partial charge in [-0.15, -0.1) is 5.10 Å². The Hall–Kier alpha value is -1.36. The maximum Gasteiger partial charge on any atom is 0.151 e. The Morgan fingerprint density at radius 2 is 2.00 bits per heavy atom. The van der Waals surface area contributed by atoms with E-state index in [1.165, 1.54) is 0 Å². The van der Waals surface area contributed by atoms with Crippen molar-refractivity contribution in [1.82, 2.24) is 15.5 Å². The molecule has 1 aromatic heterocycles. The Labute approximate surface area is 140 Å². The smallest absolute Gasteiger partial charge is 0.151 e. The molecule has 0 amide bonds. The van der Waals surface area contributed by atoms with Crippen molar-refractivity contribution >= 4 is 29.0 Å². The standard InChI is InChI=1S/C16H18Cl2N4/c17-14-5-1-6-15(18)13(14)10-19-12-4-3-9-22(11-12)16-7-2-8-20-21-16/h1-2,5-8,12,19H,3-4,9-11H2. The summed E-state index contributed by atoms with van der Waals surface area (Å²) in [7, 11) is 0. The van der Waals surface area contributed by atoms with E-state index >= 15 is 0 Å². The van der Waals surface area contributed by atoms with Crippen molar-refractivity contribution in [2.24, 2.45) is 0 Å². The fourth-order valence-corrected chi connectivity index (χ4v) is 3.29. The molecule has 22 heavy (non-hydrogen) atoms. The number of rotatable bonds is 4. The molecule has 0 spiro atoms. The van der Waals surface area contributed by atoms with E-state index in [1.807, 2.05) is 30.3 Å². The largest absolute Gasteiger partial charge is 0.354 e. The SMILES string of the molecule is Clc1cccc(Cl)c1CNC1CCCN(c2cccnn2)C1. The lowest BCUT2D eigenvalue weighted by Crippen LogP contribution is -2.45. The number of piperidine rings is 1. The number of halogens is 2. The molecule has 1 aliphatic heterocycles. The van der Waals surface area contributed by atoms with E-state index in [-0.39, 0.29) is 0 Å². The lowest BCUT2D eigenvalue weighted by Gasteiger charge is -2.33. The molecule has 1 unspecified atom stereocenters. The summed E-state index contributed by atoms with van der Waals surface area (Å²) in [4.78, 5) is 2.27. The van der Waals surface area contributed by atoms with Crippen LogP contribution in [0.4, 0.5) is 5.82 Å². The van der Waals surface area contributed by atoms with Gasteiger partial charge in [-0.05, 0) is 37.1 Å². The van der Waals surface area contributed by atoms with Crippen LogP contribution in [0, 0.1) is 0 Å². The molecule has 1 N–H and O–H groups in total. The van der Waals surface area contributed by atoms with Crippen molar-refractivity contribution in [1.29, 1.82) is 0 Å². The first kappa shape index (κ1) is 15.5. The highest BCUT2D eigenvalue weighted by Crippen LogP contribution is 2.24. The van der Waals surface area contributed by atoms with Gasteiger partial charge in [-0.1, -0.05) is 29.3 Å². The van der Waals surface area contributed by atoms with Crippen LogP contribution in [0.2, 0.25) is 10.0 Å². The number of aromatic nitrogens is 2. The molecule has 1 aliphatic rings. The van der Waals surface area contributed by atoms with Gasteiger partial charge in [0.2, 0.25) is 0 Å². The van der Waals surface area contributed by atoms with Crippen LogP contribution in [-0.4, -0.2) is 29.3 Å². The molecule has 0 saturated carbocycles. The fourth-order valence-electron chi connectivity index (χ4n) is 2.76. The average Bonchev–Trinajstić information content (AvgIpc) is 2.55. The zero-order chi connectivity index (χ0) is 15.4. The van der Waals surface area contributed by atoms with Crippen LogP contribution in [0.1, 0.15) is 18.4 Å². The number of benzene rings is 1. The third kappa shape index (κ3) is 3.69. The molecule has 0 bridgehead atoms. The average molecular weight is 337 g/mol. The minimum atomic E-state index is 0.392. The van der Waals surface area contributed by atoms with Gasteiger partial charge in [0.1, 0.15) is 0 Å². The lowest BCUT2D eigenvalue weighted by molar-refractivity contribution is 0.419. The van der Waals surface area contributed by atoms with E-state index in [9.17, 15) is 0 Å². The normalized spacial score (nSPS) is 18.5. The minimum Gasteiger partial charge on any atom is -0.354 e. The molecule has 0 radical (unpaired) electrons. The summed E-state index contributed by atoms with van der Waals surface area (Å²) in [5, 5.41) is 13.1. The van der Waals surface area contributed by atoms with E-state index < -0.39 is 0 Å². The highest BCUT2D eigenvalue weighted by Gasteiger charge is 2.21. The third-order valence-electron chi connectivity index (χ3n) is 3.93. The van der Waals surface area contributed by atoms with Gasteiger partial charge in [-0.3, -0.25) is 0 Å². The van der Waals surface area contributed by atoms with Crippen molar-refractivity contribution in [3.63, 3.8) is 0 Å². The monoisotopic (exact) mass is 336 g/mol. The maximum atomic E-state index is 6.22. The van der Waals surface area contributed by atoms with E-state index in [4.69, 9.17) is 23.2 Å². The first-order valence-electron chi connectivity index (χ1n) is 7.43. The van der Waals surface area contributed by atoms with Gasteiger partial charge in [0.05, 0.1) is 0 Å². The quantitative estimate of drug-likeness (QED) is 0.927. The van der Waals surface area contributed by atoms with Crippen LogP contribution in [0.5, 0.6) is 0 Å². The van der Waals surface area contributed by atoms with Gasteiger partial charge in [0, 0.05) is 47.5 Å². The third-order valence-corrected chi connectivity index (χ3v) is 4.64. The summed E-state index contributed by atoms with van der Waals surface area (Å²) >= 11 is 12.4. The first-order chi connectivity index (χ1) is 10.7. The molecule has 1 atom stereocenters. The van der Waals surface area contributed by atoms with E-state index in [1.54, 1.807) is 6.20 Å². The molecule has 6 heteroatoms. The van der Waals surface area contributed by atoms with Crippen molar-refractivity contribution < 1.29 is 0 Å². The van der Waals surface area contributed by atoms with Gasteiger partial charge < -0.3 is 10.2 Å². The van der Waals surface area contributed by atoms with Gasteiger partial charge in [0.25, 0.3) is 0 Å². The molecule has 4 nitrogen and oxygen atoms in total. The van der Waals surface area contributed by atoms with Gasteiger partial charge in [-0.2, -0.15) is 5.10 Å². The van der Waals surface area contributed by atoms with Crippen LogP contribution in [0.15, 0.2) is 36.5 Å². The predicted molar refractivity (Wildman–Crippen MR) is 90.6 cm³/mol. The van der Waals surface area contributed by atoms with Gasteiger partial charge in [0.15, 0.2) is 5.82 Å². The zero-order valence-corrected chi connectivity index (χ0v) is 13.7. The highest BCUT2D eigenvalue weighted by atomic mass is 35.5. The Morgan fingerprint density at radius 3 is 2.73 bits per heavy atom. The van der Waals surface area contributed by atoms with Crippen LogP contribution >= 0.6 is 23.2 Å². The fraction of sp³-hybridized carbons (Fsp3) is 0.375. The second kappa shape index (κ2) is 7.27. The molecule has 2 heterocycles. The summed E-state index contributed by atoms with van der Waals surface area (Å²) in [6, 6.07) is 9.92. The summed E-state index contributed by atoms with van der Waals surface area (Å²) in [6.07, 6.45) is 3.96. The minimum absolute atomic E-state index is 0.392. The molecule has 2 aromatic rings. The molecule has 116 valence electrons. The molecule has 1 fully saturated rings.